The summed E-state index contributed by atoms with van der Waals surface area (Å²) in [6.07, 6.45) is -1.32. The SMILES string of the molecule is CCCCn1cc(C(=O)N2C[C@@H](C(F)(F)F)[C@H](C(=O)O)C2)c(C)n1. The summed E-state index contributed by atoms with van der Waals surface area (Å²) < 4.78 is 40.6. The summed E-state index contributed by atoms with van der Waals surface area (Å²) in [6, 6.07) is 0. The number of hydrogen-bond acceptors (Lipinski definition) is 3. The van der Waals surface area contributed by atoms with Gasteiger partial charge in [-0.1, -0.05) is 13.3 Å². The largest absolute Gasteiger partial charge is 0.481 e. The van der Waals surface area contributed by atoms with E-state index in [1.165, 1.54) is 6.20 Å². The van der Waals surface area contributed by atoms with Crippen molar-refractivity contribution >= 4 is 11.9 Å². The number of halogens is 3. The van der Waals surface area contributed by atoms with Gasteiger partial charge in [-0.2, -0.15) is 18.3 Å². The number of nitrogens with zero attached hydrogens (tertiary/aromatic N) is 3. The third-order valence-corrected chi connectivity index (χ3v) is 4.26. The first kappa shape index (κ1) is 18.3. The fourth-order valence-corrected chi connectivity index (χ4v) is 2.88. The fourth-order valence-electron chi connectivity index (χ4n) is 2.88. The van der Waals surface area contributed by atoms with Crippen LogP contribution in [-0.4, -0.2) is 50.9 Å². The lowest BCUT2D eigenvalue weighted by molar-refractivity contribution is -0.187. The number of carboxylic acids is 1. The Labute approximate surface area is 137 Å². The highest BCUT2D eigenvalue weighted by Crippen LogP contribution is 2.38. The first-order valence-electron chi connectivity index (χ1n) is 7.78. The Kier molecular flexibility index (Phi) is 5.19. The van der Waals surface area contributed by atoms with Gasteiger partial charge in [0.15, 0.2) is 0 Å². The predicted octanol–water partition coefficient (Wildman–Crippen LogP) is 2.33. The van der Waals surface area contributed by atoms with E-state index < -0.39 is 43.0 Å². The Morgan fingerprint density at radius 1 is 1.38 bits per heavy atom. The Balaban J connectivity index is 2.18. The van der Waals surface area contributed by atoms with E-state index >= 15 is 0 Å². The van der Waals surface area contributed by atoms with E-state index in [4.69, 9.17) is 5.11 Å². The van der Waals surface area contributed by atoms with E-state index in [9.17, 15) is 22.8 Å². The van der Waals surface area contributed by atoms with Crippen LogP contribution in [0.5, 0.6) is 0 Å². The first-order valence-corrected chi connectivity index (χ1v) is 7.78. The van der Waals surface area contributed by atoms with Gasteiger partial charge >= 0.3 is 12.1 Å². The number of amides is 1. The molecule has 0 bridgehead atoms. The molecule has 9 heteroatoms. The van der Waals surface area contributed by atoms with Gasteiger partial charge in [0.05, 0.1) is 23.1 Å². The van der Waals surface area contributed by atoms with Crippen molar-refractivity contribution in [2.75, 3.05) is 13.1 Å². The molecule has 0 unspecified atom stereocenters. The summed E-state index contributed by atoms with van der Waals surface area (Å²) in [5.41, 5.74) is 0.650. The molecule has 1 aliphatic rings. The van der Waals surface area contributed by atoms with Crippen molar-refractivity contribution in [1.29, 1.82) is 0 Å². The maximum absolute atomic E-state index is 13.0. The van der Waals surface area contributed by atoms with E-state index in [-0.39, 0.29) is 5.56 Å². The average molecular weight is 347 g/mol. The summed E-state index contributed by atoms with van der Waals surface area (Å²) >= 11 is 0. The molecule has 1 aliphatic heterocycles. The second-order valence-corrected chi connectivity index (χ2v) is 6.05. The first-order chi connectivity index (χ1) is 11.1. The minimum absolute atomic E-state index is 0.220. The molecular weight excluding hydrogens is 327 g/mol. The molecule has 24 heavy (non-hydrogen) atoms. The normalized spacial score (nSPS) is 21.3. The van der Waals surface area contributed by atoms with E-state index in [0.29, 0.717) is 12.2 Å². The van der Waals surface area contributed by atoms with Crippen molar-refractivity contribution in [3.8, 4) is 0 Å². The van der Waals surface area contributed by atoms with E-state index in [1.54, 1.807) is 11.6 Å². The number of likely N-dealkylation sites (tertiary alicyclic amines) is 1. The molecule has 1 amide bonds. The zero-order valence-corrected chi connectivity index (χ0v) is 13.5. The van der Waals surface area contributed by atoms with Crippen molar-refractivity contribution in [1.82, 2.24) is 14.7 Å². The van der Waals surface area contributed by atoms with Crippen molar-refractivity contribution < 1.29 is 27.9 Å². The van der Waals surface area contributed by atoms with Crippen LogP contribution in [0.1, 0.15) is 35.8 Å². The van der Waals surface area contributed by atoms with Crippen molar-refractivity contribution in [2.24, 2.45) is 11.8 Å². The molecule has 0 aliphatic carbocycles. The number of aliphatic carboxylic acids is 1. The maximum atomic E-state index is 13.0. The van der Waals surface area contributed by atoms with Gasteiger partial charge in [0.1, 0.15) is 0 Å². The minimum Gasteiger partial charge on any atom is -0.481 e. The maximum Gasteiger partial charge on any atom is 0.394 e. The summed E-state index contributed by atoms with van der Waals surface area (Å²) in [4.78, 5) is 24.6. The van der Waals surface area contributed by atoms with Crippen molar-refractivity contribution in [2.45, 2.75) is 39.4 Å². The van der Waals surface area contributed by atoms with Crippen LogP contribution in [0.25, 0.3) is 0 Å². The Morgan fingerprint density at radius 3 is 2.54 bits per heavy atom. The minimum atomic E-state index is -4.65. The van der Waals surface area contributed by atoms with Crippen LogP contribution in [0.2, 0.25) is 0 Å². The molecule has 134 valence electrons. The predicted molar refractivity (Wildman–Crippen MR) is 78.4 cm³/mol. The zero-order chi connectivity index (χ0) is 18.1. The molecule has 0 saturated carbocycles. The number of carboxylic acid groups (broad SMARTS) is 1. The smallest absolute Gasteiger partial charge is 0.394 e. The van der Waals surface area contributed by atoms with Crippen molar-refractivity contribution in [3.05, 3.63) is 17.5 Å². The second-order valence-electron chi connectivity index (χ2n) is 6.05. The lowest BCUT2D eigenvalue weighted by Gasteiger charge is -2.18. The summed E-state index contributed by atoms with van der Waals surface area (Å²) in [5, 5.41) is 13.2. The molecular formula is C15H20F3N3O3. The topological polar surface area (TPSA) is 75.4 Å². The number of unbranched alkanes of at least 4 members (excludes halogenated alkanes) is 1. The van der Waals surface area contributed by atoms with Crippen molar-refractivity contribution in [3.63, 3.8) is 0 Å². The van der Waals surface area contributed by atoms with E-state index in [1.807, 2.05) is 6.92 Å². The highest BCUT2D eigenvalue weighted by atomic mass is 19.4. The number of aromatic nitrogens is 2. The van der Waals surface area contributed by atoms with Gasteiger partial charge in [-0.15, -0.1) is 0 Å². The molecule has 1 aromatic heterocycles. The molecule has 6 nitrogen and oxygen atoms in total. The third-order valence-electron chi connectivity index (χ3n) is 4.26. The number of rotatable bonds is 5. The fraction of sp³-hybridized carbons (Fsp3) is 0.667. The number of hydrogen-bond donors (Lipinski definition) is 1. The molecule has 0 spiro atoms. The van der Waals surface area contributed by atoms with Gasteiger partial charge in [-0.25, -0.2) is 0 Å². The number of carbonyl (C=O) groups is 2. The van der Waals surface area contributed by atoms with Crippen LogP contribution in [0.3, 0.4) is 0 Å². The van der Waals surface area contributed by atoms with Gasteiger partial charge in [0, 0.05) is 25.8 Å². The lowest BCUT2D eigenvalue weighted by Crippen LogP contribution is -2.34. The molecule has 1 aromatic rings. The average Bonchev–Trinajstić information content (AvgIpc) is 3.08. The van der Waals surface area contributed by atoms with Crippen LogP contribution >= 0.6 is 0 Å². The monoisotopic (exact) mass is 347 g/mol. The molecule has 2 heterocycles. The van der Waals surface area contributed by atoms with E-state index in [2.05, 4.69) is 5.10 Å². The number of alkyl halides is 3. The van der Waals surface area contributed by atoms with Crippen LogP contribution in [-0.2, 0) is 11.3 Å². The lowest BCUT2D eigenvalue weighted by atomic mass is 9.96. The van der Waals surface area contributed by atoms with Crippen LogP contribution in [0, 0.1) is 18.8 Å². The van der Waals surface area contributed by atoms with Gasteiger partial charge in [0.2, 0.25) is 0 Å². The summed E-state index contributed by atoms with van der Waals surface area (Å²) in [7, 11) is 0. The standard InChI is InChI=1S/C15H20F3N3O3/c1-3-4-5-21-7-10(9(2)19-21)13(22)20-6-11(14(23)24)12(8-20)15(16,17)18/h7,11-12H,3-6,8H2,1-2H3,(H,23,24)/t11-,12-/m1/s1. The van der Waals surface area contributed by atoms with Crippen LogP contribution in [0.4, 0.5) is 13.2 Å². The van der Waals surface area contributed by atoms with Crippen LogP contribution in [0.15, 0.2) is 6.20 Å². The molecule has 2 atom stereocenters. The molecule has 0 aromatic carbocycles. The van der Waals surface area contributed by atoms with Gasteiger partial charge in [-0.3, -0.25) is 14.3 Å². The highest BCUT2D eigenvalue weighted by molar-refractivity contribution is 5.95. The molecule has 1 saturated heterocycles. The molecule has 2 rings (SSSR count). The van der Waals surface area contributed by atoms with Crippen LogP contribution < -0.4 is 0 Å². The molecule has 1 fully saturated rings. The Bertz CT molecular complexity index is 627. The molecule has 0 radical (unpaired) electrons. The van der Waals surface area contributed by atoms with Gasteiger partial charge in [0.25, 0.3) is 5.91 Å². The summed E-state index contributed by atoms with van der Waals surface area (Å²) in [6.45, 7) is 3.15. The van der Waals surface area contributed by atoms with E-state index in [0.717, 1.165) is 17.7 Å². The van der Waals surface area contributed by atoms with Gasteiger partial charge < -0.3 is 10.0 Å². The third kappa shape index (κ3) is 3.70. The van der Waals surface area contributed by atoms with Gasteiger partial charge in [-0.05, 0) is 13.3 Å². The number of carbonyl (C=O) groups excluding carboxylic acids is 1. The Morgan fingerprint density at radius 2 is 2.04 bits per heavy atom. The second kappa shape index (κ2) is 6.82. The molecule has 1 N–H and O–H groups in total. The highest BCUT2D eigenvalue weighted by Gasteiger charge is 2.53. The summed E-state index contributed by atoms with van der Waals surface area (Å²) in [5.74, 6) is -5.82. The number of aryl methyl sites for hydroxylation is 2. The Hall–Kier alpha value is -2.06. The zero-order valence-electron chi connectivity index (χ0n) is 13.5. The quantitative estimate of drug-likeness (QED) is 0.887.